The van der Waals surface area contributed by atoms with Gasteiger partial charge in [0.1, 0.15) is 64.3 Å². The summed E-state index contributed by atoms with van der Waals surface area (Å²) in [5.74, 6) is -10.4. The van der Waals surface area contributed by atoms with Crippen LogP contribution in [0.4, 0.5) is 26.3 Å². The van der Waals surface area contributed by atoms with Gasteiger partial charge in [-0.25, -0.2) is 31.1 Å². The maximum atomic E-state index is 14.4. The predicted octanol–water partition coefficient (Wildman–Crippen LogP) is 13.9. The van der Waals surface area contributed by atoms with Gasteiger partial charge in [0.2, 0.25) is 5.24 Å². The van der Waals surface area contributed by atoms with Crippen molar-refractivity contribution in [2.24, 2.45) is 5.73 Å². The molecule has 587 valence electrons. The van der Waals surface area contributed by atoms with Crippen LogP contribution in [0.2, 0.25) is 0 Å². The summed E-state index contributed by atoms with van der Waals surface area (Å²) in [5.41, 5.74) is 6.16. The minimum Gasteiger partial charge on any atom is -0.465 e. The zero-order valence-electron chi connectivity index (χ0n) is 59.6. The first-order valence-corrected chi connectivity index (χ1v) is 32.9. The molecule has 108 heavy (non-hydrogen) atoms. The molecule has 2 amide bonds. The number of esters is 6. The average Bonchev–Trinajstić information content (AvgIpc) is 1.81. The number of allylic oxidation sites excluding steroid dienone is 4. The number of carbonyl (C=O) groups excluding carboxylic acids is 9. The number of aliphatic hydroxyl groups excluding tert-OH is 2. The number of methoxy groups -OCH3 is 1. The number of nitrogens with one attached hydrogen (secondary N) is 2. The van der Waals surface area contributed by atoms with Gasteiger partial charge in [-0.05, 0) is 134 Å². The number of rotatable bonds is 27. The Morgan fingerprint density at radius 3 is 1.29 bits per heavy atom. The third kappa shape index (κ3) is 36.2. The van der Waals surface area contributed by atoms with Crippen molar-refractivity contribution in [3.05, 3.63) is 197 Å². The minimum absolute atomic E-state index is 0. The molecule has 30 heteroatoms. The number of ether oxygens (including phenoxy) is 8. The monoisotopic (exact) mass is 1570 g/mol. The van der Waals surface area contributed by atoms with Crippen LogP contribution in [-0.2, 0) is 71.0 Å². The number of benzene rings is 6. The number of hydrogen-bond acceptors (Lipinski definition) is 20. The van der Waals surface area contributed by atoms with E-state index in [2.05, 4.69) is 15.4 Å². The number of carbonyl (C=O) groups is 9. The Labute approximate surface area is 641 Å². The summed E-state index contributed by atoms with van der Waals surface area (Å²) in [4.78, 5) is 105. The van der Waals surface area contributed by atoms with Gasteiger partial charge < -0.3 is 64.5 Å². The topological polar surface area (TPSA) is 318 Å². The maximum absolute atomic E-state index is 14.4. The Morgan fingerprint density at radius 2 is 0.954 bits per heavy atom. The molecule has 6 N–H and O–H groups in total. The van der Waals surface area contributed by atoms with Crippen molar-refractivity contribution in [1.82, 2.24) is 10.6 Å². The summed E-state index contributed by atoms with van der Waals surface area (Å²) in [6, 6.07) is 21.3. The Hall–Kier alpha value is -9.78. The normalized spacial score (nSPS) is 12.8. The van der Waals surface area contributed by atoms with Gasteiger partial charge >= 0.3 is 35.8 Å². The minimum atomic E-state index is -1.16. The molecule has 0 spiro atoms. The van der Waals surface area contributed by atoms with E-state index in [1.807, 2.05) is 46.8 Å². The van der Waals surface area contributed by atoms with E-state index in [0.29, 0.717) is 37.3 Å². The van der Waals surface area contributed by atoms with E-state index in [1.165, 1.54) is 86.8 Å². The van der Waals surface area contributed by atoms with Crippen LogP contribution < -0.4 is 30.6 Å². The average molecular weight is 1580 g/mol. The van der Waals surface area contributed by atoms with Gasteiger partial charge in [-0.3, -0.25) is 38.4 Å². The van der Waals surface area contributed by atoms with Gasteiger partial charge in [-0.1, -0.05) is 90.3 Å². The second-order valence-corrected chi connectivity index (χ2v) is 23.0. The summed E-state index contributed by atoms with van der Waals surface area (Å²) in [6.07, 6.45) is 11.4. The number of hydrogen-bond donors (Lipinski definition) is 5. The third-order valence-electron chi connectivity index (χ3n) is 13.6. The van der Waals surface area contributed by atoms with Crippen LogP contribution in [0.3, 0.4) is 0 Å². The molecule has 6 aromatic carbocycles. The first kappa shape index (κ1) is 98.2. The molecule has 1 saturated heterocycles. The third-order valence-corrected chi connectivity index (χ3v) is 13.8. The number of nitrogens with two attached hydrogens (primary N) is 1. The Kier molecular flexibility index (Phi) is 46.8. The SMILES string of the molecule is C.C.CC(=O)Oc1ccc(-c2ccc(F)cc2F)cc1C(=O)NCC(O)CO.CC/C=C\CC(=O)Cl.CC/C=C\CC(=O)OCC(CNC(=O)c1cc(-c2ccc(F)cc2F)ccc1OC(C)=O)OC(=O)C/C=C\CC.CC1(C)OCC(CN)O1.COC(=O)c1cc(-c2ccc(F)cc2F)ccc1OC(C)=O.[V]. The summed E-state index contributed by atoms with van der Waals surface area (Å²) in [6.45, 7) is 13.0. The largest absolute Gasteiger partial charge is 0.465 e. The second-order valence-electron chi connectivity index (χ2n) is 22.6. The van der Waals surface area contributed by atoms with Crippen molar-refractivity contribution in [1.29, 1.82) is 0 Å². The van der Waals surface area contributed by atoms with Gasteiger partial charge in [0.25, 0.3) is 11.8 Å². The summed E-state index contributed by atoms with van der Waals surface area (Å²) < 4.78 is 122. The summed E-state index contributed by atoms with van der Waals surface area (Å²) in [5, 5.41) is 22.8. The quantitative estimate of drug-likeness (QED) is 0.00799. The Morgan fingerprint density at radius 1 is 0.574 bits per heavy atom. The number of aliphatic hydroxyl groups is 2. The van der Waals surface area contributed by atoms with Crippen molar-refractivity contribution >= 4 is 64.5 Å². The van der Waals surface area contributed by atoms with Crippen LogP contribution in [-0.4, -0.2) is 134 Å². The van der Waals surface area contributed by atoms with E-state index in [4.69, 9.17) is 55.6 Å². The van der Waals surface area contributed by atoms with Gasteiger partial charge in [0.05, 0.1) is 63.0 Å². The van der Waals surface area contributed by atoms with Crippen molar-refractivity contribution in [2.75, 3.05) is 46.6 Å². The fraction of sp³-hybridized carbons (Fsp3) is 0.346. The van der Waals surface area contributed by atoms with Crippen LogP contribution >= 0.6 is 11.6 Å². The van der Waals surface area contributed by atoms with Crippen LogP contribution in [0.1, 0.15) is 140 Å². The zero-order chi connectivity index (χ0) is 78.3. The maximum Gasteiger partial charge on any atom is 0.341 e. The molecule has 7 rings (SSSR count). The molecule has 6 aromatic rings. The molecule has 1 radical (unpaired) electrons. The molecular formula is C78H92ClF6N3O19V. The second kappa shape index (κ2) is 51.5. The fourth-order valence-electron chi connectivity index (χ4n) is 8.82. The summed E-state index contributed by atoms with van der Waals surface area (Å²) >= 11 is 5.02. The van der Waals surface area contributed by atoms with E-state index in [9.17, 15) is 74.6 Å². The van der Waals surface area contributed by atoms with Crippen molar-refractivity contribution in [3.8, 4) is 50.6 Å². The molecule has 1 aliphatic rings. The van der Waals surface area contributed by atoms with E-state index in [1.54, 1.807) is 24.3 Å². The summed E-state index contributed by atoms with van der Waals surface area (Å²) in [7, 11) is 1.17. The van der Waals surface area contributed by atoms with E-state index in [0.717, 1.165) is 57.4 Å². The van der Waals surface area contributed by atoms with Gasteiger partial charge in [-0.15, -0.1) is 0 Å². The molecule has 1 fully saturated rings. The van der Waals surface area contributed by atoms with Crippen LogP contribution in [0.5, 0.6) is 17.2 Å². The molecule has 22 nitrogen and oxygen atoms in total. The van der Waals surface area contributed by atoms with Gasteiger partial charge in [0, 0.05) is 93.7 Å². The number of halogens is 7. The standard InChI is InChI=1S/C30H33F2NO7.C18H17F2NO5.C16H12F2O4.C6H9ClO.C6H13NO2.2CH4.V/c1-4-6-8-10-28(35)38-19-23(40-29(36)11-9-7-5-2)18-33-30(37)25-16-21(12-15-27(25)39-20(3)34)24-14-13-22(31)17-26(24)32;1-10(23)26-17-5-2-11(14-4-3-12(19)7-16(14)20)6-15(17)18(25)21-8-13(24)9-22;1-9(19)22-15-6-3-10(7-13(15)16(20)21-2)12-5-4-11(17)8-14(12)18;1-2-3-4-5-6(7)8;1-6(2)8-4-5(3-7)9-6;;;/h6-9,12-17,23H,4-5,10-11,18-19H2,1-3H3,(H,33,37);2-7,13,22,24H,8-9H2,1H3,(H,21,25);3-8H,1-2H3;3-4H,2,5H2,1H3;5H,3-4,7H2,1-2H3;2*1H4;/b8-6-,9-7-;;;4-3-;;;;. The van der Waals surface area contributed by atoms with Gasteiger partial charge in [-0.2, -0.15) is 0 Å². The van der Waals surface area contributed by atoms with Crippen LogP contribution in [0, 0.1) is 34.9 Å². The first-order valence-electron chi connectivity index (χ1n) is 32.6. The predicted molar refractivity (Wildman–Crippen MR) is 390 cm³/mol. The molecule has 3 unspecified atom stereocenters. The smallest absolute Gasteiger partial charge is 0.341 e. The van der Waals surface area contributed by atoms with E-state index in [-0.39, 0.29) is 139 Å². The molecule has 3 atom stereocenters. The van der Waals surface area contributed by atoms with E-state index < -0.39 is 107 Å². The number of amides is 2. The van der Waals surface area contributed by atoms with Gasteiger partial charge in [0.15, 0.2) is 11.9 Å². The molecule has 0 saturated carbocycles. The Bertz CT molecular complexity index is 4050. The van der Waals surface area contributed by atoms with Crippen LogP contribution in [0.25, 0.3) is 33.4 Å². The molecule has 1 aliphatic heterocycles. The van der Waals surface area contributed by atoms with E-state index >= 15 is 0 Å². The Balaban J connectivity index is 0.00000146. The molecule has 0 aliphatic carbocycles. The zero-order valence-corrected chi connectivity index (χ0v) is 61.7. The van der Waals surface area contributed by atoms with Crippen LogP contribution in [0.15, 0.2) is 146 Å². The molecule has 1 heterocycles. The van der Waals surface area contributed by atoms with Crippen molar-refractivity contribution < 1.29 is 136 Å². The van der Waals surface area contributed by atoms with Crippen molar-refractivity contribution in [2.45, 2.75) is 133 Å². The van der Waals surface area contributed by atoms with Crippen molar-refractivity contribution in [3.63, 3.8) is 0 Å². The molecule has 0 aromatic heterocycles. The molecular weight excluding hydrogens is 1480 g/mol. The fourth-order valence-corrected chi connectivity index (χ4v) is 8.91. The molecule has 0 bridgehead atoms. The first-order chi connectivity index (χ1) is 49.8.